The smallest absolute Gasteiger partial charge is 0.319 e. The van der Waals surface area contributed by atoms with Gasteiger partial charge in [-0.2, -0.15) is 0 Å². The minimum atomic E-state index is -0.441. The molecule has 1 fully saturated rings. The number of esters is 1. The molecule has 3 rings (SSSR count). The summed E-state index contributed by atoms with van der Waals surface area (Å²) < 4.78 is 12.4. The van der Waals surface area contributed by atoms with Crippen LogP contribution in [0.2, 0.25) is 0 Å². The molecule has 134 valence electrons. The average molecular weight is 362 g/mol. The normalized spacial score (nSPS) is 18.4. The molecule has 7 heteroatoms. The van der Waals surface area contributed by atoms with Gasteiger partial charge < -0.3 is 9.47 Å². The molecule has 0 aliphatic carbocycles. The van der Waals surface area contributed by atoms with E-state index in [0.717, 1.165) is 19.4 Å². The number of carbonyl (C=O) groups excluding carboxylic acids is 1. The van der Waals surface area contributed by atoms with Crippen molar-refractivity contribution in [2.24, 2.45) is 0 Å². The van der Waals surface area contributed by atoms with E-state index >= 15 is 0 Å². The van der Waals surface area contributed by atoms with E-state index in [1.54, 1.807) is 24.5 Å². The van der Waals surface area contributed by atoms with Crippen molar-refractivity contribution in [3.05, 3.63) is 34.6 Å². The van der Waals surface area contributed by atoms with E-state index in [-0.39, 0.29) is 17.6 Å². The lowest BCUT2D eigenvalue weighted by Crippen LogP contribution is -2.30. The molecule has 0 N–H and O–H groups in total. The monoisotopic (exact) mass is 362 g/mol. The van der Waals surface area contributed by atoms with Crippen molar-refractivity contribution < 1.29 is 14.3 Å². The first kappa shape index (κ1) is 17.9. The topological polar surface area (TPSA) is 70.4 Å². The Labute approximate surface area is 150 Å². The lowest BCUT2D eigenvalue weighted by atomic mass is 10.2. The van der Waals surface area contributed by atoms with Crippen LogP contribution in [0.5, 0.6) is 0 Å². The van der Waals surface area contributed by atoms with Crippen LogP contribution >= 0.6 is 11.8 Å². The molecular weight excluding hydrogens is 340 g/mol. The lowest BCUT2D eigenvalue weighted by Gasteiger charge is -2.18. The number of hydrogen-bond acceptors (Lipinski definition) is 6. The Bertz CT molecular complexity index is 814. The SMILES string of the molecule is CCOC(=O)[C@@H](C)Sc1nc2ccccc2c(=O)n1C[C@H]1CCCO1. The minimum absolute atomic E-state index is 0.0120. The van der Waals surface area contributed by atoms with Crippen LogP contribution in [0.4, 0.5) is 0 Å². The fraction of sp³-hybridized carbons (Fsp3) is 0.500. The Balaban J connectivity index is 1.98. The summed E-state index contributed by atoms with van der Waals surface area (Å²) in [5.41, 5.74) is 0.536. The molecule has 0 saturated carbocycles. The molecule has 0 bridgehead atoms. The molecule has 6 nitrogen and oxygen atoms in total. The summed E-state index contributed by atoms with van der Waals surface area (Å²) >= 11 is 1.25. The summed E-state index contributed by atoms with van der Waals surface area (Å²) in [5.74, 6) is -0.307. The van der Waals surface area contributed by atoms with Gasteiger partial charge in [0.2, 0.25) is 0 Å². The lowest BCUT2D eigenvalue weighted by molar-refractivity contribution is -0.142. The molecule has 2 aromatic rings. The fourth-order valence-electron chi connectivity index (χ4n) is 2.86. The minimum Gasteiger partial charge on any atom is -0.465 e. The zero-order valence-corrected chi connectivity index (χ0v) is 15.3. The Hall–Kier alpha value is -1.86. The zero-order chi connectivity index (χ0) is 17.8. The predicted molar refractivity (Wildman–Crippen MR) is 96.9 cm³/mol. The van der Waals surface area contributed by atoms with Crippen LogP contribution in [0, 0.1) is 0 Å². The van der Waals surface area contributed by atoms with E-state index in [4.69, 9.17) is 9.47 Å². The second-order valence-corrected chi connectivity index (χ2v) is 7.28. The Morgan fingerprint density at radius 3 is 3.00 bits per heavy atom. The van der Waals surface area contributed by atoms with E-state index in [1.165, 1.54) is 11.8 Å². The van der Waals surface area contributed by atoms with Crippen LogP contribution in [0.25, 0.3) is 10.9 Å². The third-order valence-electron chi connectivity index (χ3n) is 4.14. The number of ether oxygens (including phenoxy) is 2. The highest BCUT2D eigenvalue weighted by Crippen LogP contribution is 2.25. The third-order valence-corrected chi connectivity index (χ3v) is 5.21. The molecule has 0 radical (unpaired) electrons. The van der Waals surface area contributed by atoms with Crippen molar-refractivity contribution >= 4 is 28.6 Å². The number of carbonyl (C=O) groups is 1. The van der Waals surface area contributed by atoms with Crippen molar-refractivity contribution in [2.45, 2.75) is 49.7 Å². The Kier molecular flexibility index (Phi) is 5.75. The number of hydrogen-bond donors (Lipinski definition) is 0. The molecule has 1 aliphatic heterocycles. The van der Waals surface area contributed by atoms with Gasteiger partial charge in [-0.15, -0.1) is 0 Å². The van der Waals surface area contributed by atoms with Gasteiger partial charge in [0.1, 0.15) is 5.25 Å². The first-order chi connectivity index (χ1) is 12.1. The molecule has 1 aromatic heterocycles. The number of thioether (sulfide) groups is 1. The first-order valence-corrected chi connectivity index (χ1v) is 9.42. The van der Waals surface area contributed by atoms with Crippen LogP contribution in [-0.2, 0) is 20.8 Å². The highest BCUT2D eigenvalue weighted by atomic mass is 32.2. The molecule has 1 aliphatic rings. The maximum atomic E-state index is 13.0. The Morgan fingerprint density at radius 1 is 1.48 bits per heavy atom. The molecule has 0 unspecified atom stereocenters. The fourth-order valence-corrected chi connectivity index (χ4v) is 3.77. The van der Waals surface area contributed by atoms with Crippen LogP contribution in [-0.4, -0.2) is 40.1 Å². The van der Waals surface area contributed by atoms with Crippen molar-refractivity contribution in [1.29, 1.82) is 0 Å². The number of para-hydroxylation sites is 1. The number of fused-ring (bicyclic) bond motifs is 1. The van der Waals surface area contributed by atoms with E-state index in [0.29, 0.717) is 29.2 Å². The van der Waals surface area contributed by atoms with E-state index < -0.39 is 5.25 Å². The summed E-state index contributed by atoms with van der Waals surface area (Å²) in [7, 11) is 0. The van der Waals surface area contributed by atoms with Gasteiger partial charge in [-0.25, -0.2) is 4.98 Å². The number of nitrogens with zero attached hydrogens (tertiary/aromatic N) is 2. The average Bonchev–Trinajstić information content (AvgIpc) is 3.11. The van der Waals surface area contributed by atoms with Gasteiger partial charge in [-0.05, 0) is 38.8 Å². The van der Waals surface area contributed by atoms with E-state index in [1.807, 2.05) is 18.2 Å². The Morgan fingerprint density at radius 2 is 2.28 bits per heavy atom. The van der Waals surface area contributed by atoms with Crippen LogP contribution in [0.15, 0.2) is 34.2 Å². The summed E-state index contributed by atoms with van der Waals surface area (Å²) in [6, 6.07) is 7.27. The van der Waals surface area contributed by atoms with Gasteiger partial charge in [-0.3, -0.25) is 14.2 Å². The number of benzene rings is 1. The van der Waals surface area contributed by atoms with E-state index in [2.05, 4.69) is 4.98 Å². The van der Waals surface area contributed by atoms with Crippen molar-refractivity contribution in [2.75, 3.05) is 13.2 Å². The summed E-state index contributed by atoms with van der Waals surface area (Å²) in [5, 5.41) is 0.664. The summed E-state index contributed by atoms with van der Waals surface area (Å²) in [6.45, 7) is 5.05. The predicted octanol–water partition coefficient (Wildman–Crippen LogP) is 2.62. The maximum absolute atomic E-state index is 13.0. The first-order valence-electron chi connectivity index (χ1n) is 8.54. The van der Waals surface area contributed by atoms with Gasteiger partial charge in [0.05, 0.1) is 30.2 Å². The highest BCUT2D eigenvalue weighted by molar-refractivity contribution is 8.00. The molecular formula is C18H22N2O4S. The third kappa shape index (κ3) is 4.04. The zero-order valence-electron chi connectivity index (χ0n) is 14.4. The van der Waals surface area contributed by atoms with Crippen LogP contribution in [0.1, 0.15) is 26.7 Å². The number of rotatable bonds is 6. The van der Waals surface area contributed by atoms with Gasteiger partial charge in [-0.1, -0.05) is 23.9 Å². The largest absolute Gasteiger partial charge is 0.465 e. The second-order valence-electron chi connectivity index (χ2n) is 5.97. The standard InChI is InChI=1S/C18H22N2O4S/c1-3-23-17(22)12(2)25-18-19-15-9-5-4-8-14(15)16(21)20(18)11-13-7-6-10-24-13/h4-5,8-9,12-13H,3,6-7,10-11H2,1-2H3/t12-,13-/m1/s1. The van der Waals surface area contributed by atoms with E-state index in [9.17, 15) is 9.59 Å². The summed E-state index contributed by atoms with van der Waals surface area (Å²) in [4.78, 5) is 29.5. The maximum Gasteiger partial charge on any atom is 0.319 e. The summed E-state index contributed by atoms with van der Waals surface area (Å²) in [6.07, 6.45) is 1.94. The molecule has 2 heterocycles. The molecule has 2 atom stereocenters. The van der Waals surface area contributed by atoms with Crippen molar-refractivity contribution in [3.63, 3.8) is 0 Å². The second kappa shape index (κ2) is 8.01. The van der Waals surface area contributed by atoms with Crippen LogP contribution in [0.3, 0.4) is 0 Å². The van der Waals surface area contributed by atoms with Crippen LogP contribution < -0.4 is 5.56 Å². The quantitative estimate of drug-likeness (QED) is 0.447. The van der Waals surface area contributed by atoms with Gasteiger partial charge in [0.15, 0.2) is 5.16 Å². The van der Waals surface area contributed by atoms with Crippen molar-refractivity contribution in [1.82, 2.24) is 9.55 Å². The van der Waals surface area contributed by atoms with Gasteiger partial charge in [0, 0.05) is 6.61 Å². The molecule has 25 heavy (non-hydrogen) atoms. The molecule has 0 amide bonds. The van der Waals surface area contributed by atoms with Gasteiger partial charge in [0.25, 0.3) is 5.56 Å². The highest BCUT2D eigenvalue weighted by Gasteiger charge is 2.23. The molecule has 1 saturated heterocycles. The number of aromatic nitrogens is 2. The van der Waals surface area contributed by atoms with Crippen molar-refractivity contribution in [3.8, 4) is 0 Å². The molecule has 1 aromatic carbocycles. The van der Waals surface area contributed by atoms with Gasteiger partial charge >= 0.3 is 5.97 Å². The molecule has 0 spiro atoms.